The summed E-state index contributed by atoms with van der Waals surface area (Å²) in [5.41, 5.74) is 5.29. The van der Waals surface area contributed by atoms with E-state index >= 15 is 0 Å². The highest BCUT2D eigenvalue weighted by Crippen LogP contribution is 2.24. The highest BCUT2D eigenvalue weighted by atomic mass is 32.2. The number of carbonyl (C=O) groups excluding carboxylic acids is 3. The minimum absolute atomic E-state index is 0.240. The van der Waals surface area contributed by atoms with E-state index in [2.05, 4.69) is 16.2 Å². The summed E-state index contributed by atoms with van der Waals surface area (Å²) in [6.07, 6.45) is 0. The monoisotopic (exact) mass is 301 g/mol. The molecule has 0 aliphatic carbocycles. The third-order valence-corrected chi connectivity index (χ3v) is 4.03. The molecule has 0 saturated carbocycles. The molecule has 7 heteroatoms. The van der Waals surface area contributed by atoms with Crippen molar-refractivity contribution in [3.63, 3.8) is 0 Å². The van der Waals surface area contributed by atoms with Crippen molar-refractivity contribution in [3.05, 3.63) is 48.0 Å². The number of hydrogen-bond donors (Lipinski definition) is 3. The lowest BCUT2D eigenvalue weighted by atomic mass is 10.1. The Morgan fingerprint density at radius 1 is 1.05 bits per heavy atom. The zero-order chi connectivity index (χ0) is 14.8. The molecule has 21 heavy (non-hydrogen) atoms. The molecular formula is C14H11N3O3S. The molecule has 6 nitrogen and oxygen atoms in total. The van der Waals surface area contributed by atoms with Gasteiger partial charge in [-0.25, -0.2) is 10.2 Å². The fourth-order valence-corrected chi connectivity index (χ4v) is 2.87. The van der Waals surface area contributed by atoms with Gasteiger partial charge in [-0.2, -0.15) is 0 Å². The normalized spacial score (nSPS) is 18.2. The number of thioether (sulfide) groups is 1. The van der Waals surface area contributed by atoms with Crippen LogP contribution in [0.2, 0.25) is 0 Å². The number of hydrogen-bond acceptors (Lipinski definition) is 5. The lowest BCUT2D eigenvalue weighted by Gasteiger charge is -2.22. The van der Waals surface area contributed by atoms with E-state index < -0.39 is 17.3 Å². The number of fused-ring (bicyclic) bond motifs is 1. The topological polar surface area (TPSA) is 87.3 Å². The van der Waals surface area contributed by atoms with Gasteiger partial charge in [0.25, 0.3) is 5.91 Å². The van der Waals surface area contributed by atoms with Crippen LogP contribution in [-0.2, 0) is 4.79 Å². The van der Waals surface area contributed by atoms with Crippen molar-refractivity contribution in [1.82, 2.24) is 16.2 Å². The van der Waals surface area contributed by atoms with Gasteiger partial charge >= 0.3 is 6.03 Å². The van der Waals surface area contributed by atoms with Crippen LogP contribution in [0.5, 0.6) is 0 Å². The quantitative estimate of drug-likeness (QED) is 0.780. The van der Waals surface area contributed by atoms with Gasteiger partial charge in [-0.1, -0.05) is 48.2 Å². The van der Waals surface area contributed by atoms with E-state index in [1.807, 2.05) is 30.3 Å². The molecule has 0 aromatic heterocycles. The summed E-state index contributed by atoms with van der Waals surface area (Å²) in [4.78, 5) is 35.0. The molecule has 0 radical (unpaired) electrons. The predicted octanol–water partition coefficient (Wildman–Crippen LogP) is 1.38. The van der Waals surface area contributed by atoms with E-state index in [1.165, 1.54) is 0 Å². The standard InChI is InChI=1S/C14H11N3O3S/c18-11-12(16-17-14(20)15-11)21-13(19)10-7-3-5-8-4-1-2-6-9(8)10/h1-7,12,16H,(H2,15,17,18,20). The minimum Gasteiger partial charge on any atom is -0.281 e. The maximum absolute atomic E-state index is 12.4. The zero-order valence-electron chi connectivity index (χ0n) is 10.8. The first-order valence-corrected chi connectivity index (χ1v) is 7.08. The van der Waals surface area contributed by atoms with Gasteiger partial charge in [0.2, 0.25) is 5.12 Å². The van der Waals surface area contributed by atoms with Crippen LogP contribution < -0.4 is 16.2 Å². The Morgan fingerprint density at radius 3 is 2.62 bits per heavy atom. The number of urea groups is 1. The average Bonchev–Trinajstić information content (AvgIpc) is 2.49. The maximum Gasteiger partial charge on any atom is 0.335 e. The lowest BCUT2D eigenvalue weighted by molar-refractivity contribution is -0.120. The molecule has 0 bridgehead atoms. The van der Waals surface area contributed by atoms with Gasteiger partial charge in [-0.3, -0.25) is 20.3 Å². The number of hydrazine groups is 1. The van der Waals surface area contributed by atoms with Crippen LogP contribution >= 0.6 is 11.8 Å². The molecule has 1 heterocycles. The molecule has 1 aliphatic rings. The molecule has 3 rings (SSSR count). The SMILES string of the molecule is O=C1NNC(SC(=O)c2cccc3ccccc23)C(=O)N1. The smallest absolute Gasteiger partial charge is 0.281 e. The molecular weight excluding hydrogens is 290 g/mol. The average molecular weight is 301 g/mol. The second-order valence-electron chi connectivity index (χ2n) is 4.40. The molecule has 1 unspecified atom stereocenters. The second kappa shape index (κ2) is 5.55. The number of imide groups is 1. The van der Waals surface area contributed by atoms with E-state index in [0.29, 0.717) is 5.56 Å². The van der Waals surface area contributed by atoms with Gasteiger partial charge in [0.05, 0.1) is 0 Å². The number of rotatable bonds is 2. The molecule has 0 spiro atoms. The van der Waals surface area contributed by atoms with Crippen LogP contribution in [0.25, 0.3) is 10.8 Å². The maximum atomic E-state index is 12.4. The third-order valence-electron chi connectivity index (χ3n) is 3.03. The number of benzene rings is 2. The van der Waals surface area contributed by atoms with Crippen molar-refractivity contribution >= 4 is 39.6 Å². The fourth-order valence-electron chi connectivity index (χ4n) is 2.06. The summed E-state index contributed by atoms with van der Waals surface area (Å²) in [6, 6.07) is 12.3. The Kier molecular flexibility index (Phi) is 3.59. The minimum atomic E-state index is -0.853. The van der Waals surface area contributed by atoms with Crippen LogP contribution in [0.1, 0.15) is 10.4 Å². The first-order chi connectivity index (χ1) is 10.1. The predicted molar refractivity (Wildman–Crippen MR) is 79.5 cm³/mol. The summed E-state index contributed by atoms with van der Waals surface area (Å²) in [5, 5.41) is 2.79. The molecule has 1 atom stereocenters. The van der Waals surface area contributed by atoms with E-state index in [0.717, 1.165) is 22.5 Å². The van der Waals surface area contributed by atoms with E-state index in [-0.39, 0.29) is 5.12 Å². The zero-order valence-corrected chi connectivity index (χ0v) is 11.6. The molecule has 3 amide bonds. The van der Waals surface area contributed by atoms with Gasteiger partial charge in [-0.05, 0) is 16.8 Å². The first-order valence-electron chi connectivity index (χ1n) is 6.20. The van der Waals surface area contributed by atoms with Gasteiger partial charge in [-0.15, -0.1) is 0 Å². The summed E-state index contributed by atoms with van der Waals surface area (Å²) in [5.74, 6) is -0.544. The third kappa shape index (κ3) is 2.74. The summed E-state index contributed by atoms with van der Waals surface area (Å²) >= 11 is 0.822. The van der Waals surface area contributed by atoms with Gasteiger partial charge < -0.3 is 0 Å². The highest BCUT2D eigenvalue weighted by molar-refractivity contribution is 8.15. The summed E-state index contributed by atoms with van der Waals surface area (Å²) in [7, 11) is 0. The molecule has 1 aliphatic heterocycles. The molecule has 1 saturated heterocycles. The van der Waals surface area contributed by atoms with Crippen molar-refractivity contribution in [3.8, 4) is 0 Å². The summed E-state index contributed by atoms with van der Waals surface area (Å²) < 4.78 is 0. The molecule has 2 aromatic carbocycles. The van der Waals surface area contributed by atoms with Gasteiger partial charge in [0.1, 0.15) is 0 Å². The van der Waals surface area contributed by atoms with Crippen LogP contribution in [0.4, 0.5) is 4.79 Å². The molecule has 1 fully saturated rings. The Bertz CT molecular complexity index is 742. The van der Waals surface area contributed by atoms with Crippen molar-refractivity contribution in [1.29, 1.82) is 0 Å². The number of carbonyl (C=O) groups is 3. The van der Waals surface area contributed by atoms with Crippen LogP contribution in [-0.4, -0.2) is 22.4 Å². The molecule has 2 aromatic rings. The van der Waals surface area contributed by atoms with E-state index in [9.17, 15) is 14.4 Å². The van der Waals surface area contributed by atoms with E-state index in [4.69, 9.17) is 0 Å². The first kappa shape index (κ1) is 13.6. The Labute approximate surface area is 124 Å². The second-order valence-corrected chi connectivity index (χ2v) is 5.48. The number of nitrogens with one attached hydrogen (secondary N) is 3. The van der Waals surface area contributed by atoms with Crippen molar-refractivity contribution in [2.45, 2.75) is 5.37 Å². The van der Waals surface area contributed by atoms with Gasteiger partial charge in [0, 0.05) is 5.56 Å². The Morgan fingerprint density at radius 2 is 1.81 bits per heavy atom. The lowest BCUT2D eigenvalue weighted by Crippen LogP contribution is -2.61. The fraction of sp³-hybridized carbons (Fsp3) is 0.0714. The van der Waals surface area contributed by atoms with Crippen molar-refractivity contribution in [2.24, 2.45) is 0 Å². The Hall–Kier alpha value is -2.38. The van der Waals surface area contributed by atoms with Crippen molar-refractivity contribution < 1.29 is 14.4 Å². The number of amides is 3. The molecule has 106 valence electrons. The van der Waals surface area contributed by atoms with Gasteiger partial charge in [0.15, 0.2) is 5.37 Å². The Balaban J connectivity index is 1.84. The van der Waals surface area contributed by atoms with Crippen molar-refractivity contribution in [2.75, 3.05) is 0 Å². The molecule has 3 N–H and O–H groups in total. The van der Waals surface area contributed by atoms with Crippen LogP contribution in [0.15, 0.2) is 42.5 Å². The van der Waals surface area contributed by atoms with Crippen LogP contribution in [0, 0.1) is 0 Å². The van der Waals surface area contributed by atoms with E-state index in [1.54, 1.807) is 12.1 Å². The highest BCUT2D eigenvalue weighted by Gasteiger charge is 2.29. The van der Waals surface area contributed by atoms with Crippen LogP contribution in [0.3, 0.4) is 0 Å². The summed E-state index contributed by atoms with van der Waals surface area (Å²) in [6.45, 7) is 0. The largest absolute Gasteiger partial charge is 0.335 e.